The van der Waals surface area contributed by atoms with Gasteiger partial charge >= 0.3 is 0 Å². The first kappa shape index (κ1) is 13.4. The van der Waals surface area contributed by atoms with Crippen molar-refractivity contribution in [1.29, 1.82) is 0 Å². The summed E-state index contributed by atoms with van der Waals surface area (Å²) in [5.41, 5.74) is 3.42. The van der Waals surface area contributed by atoms with Crippen LogP contribution >= 0.6 is 0 Å². The Hall–Kier alpha value is -1.64. The highest BCUT2D eigenvalue weighted by Gasteiger charge is 2.17. The molecule has 0 aromatic heterocycles. The molecule has 0 amide bonds. The summed E-state index contributed by atoms with van der Waals surface area (Å²) in [7, 11) is 0. The van der Waals surface area contributed by atoms with Gasteiger partial charge in [-0.1, -0.05) is 44.1 Å². The second-order valence-electron chi connectivity index (χ2n) is 5.15. The number of benzene rings is 1. The molecule has 0 aliphatic rings. The number of para-hydroxylation sites is 1. The molecule has 1 aromatic carbocycles. The average molecular weight is 232 g/mol. The third kappa shape index (κ3) is 3.41. The minimum Gasteiger partial charge on any atom is -0.411 e. The number of hydrogen-bond donors (Lipinski definition) is 1. The highest BCUT2D eigenvalue weighted by molar-refractivity contribution is 6.40. The third-order valence-corrected chi connectivity index (χ3v) is 2.67. The molecule has 0 heterocycles. The first-order valence-corrected chi connectivity index (χ1v) is 5.70. The molecule has 1 N–H and O–H groups in total. The van der Waals surface area contributed by atoms with Crippen molar-refractivity contribution in [2.24, 2.45) is 10.1 Å². The van der Waals surface area contributed by atoms with Crippen LogP contribution in [0.4, 0.5) is 5.69 Å². The topological polar surface area (TPSA) is 45.0 Å². The molecule has 92 valence electrons. The van der Waals surface area contributed by atoms with Crippen molar-refractivity contribution in [1.82, 2.24) is 0 Å². The van der Waals surface area contributed by atoms with Crippen molar-refractivity contribution in [2.75, 3.05) is 0 Å². The lowest BCUT2D eigenvalue weighted by atomic mass is 9.86. The van der Waals surface area contributed by atoms with Crippen LogP contribution in [-0.4, -0.2) is 16.6 Å². The summed E-state index contributed by atoms with van der Waals surface area (Å²) in [4.78, 5) is 4.52. The van der Waals surface area contributed by atoms with Crippen molar-refractivity contribution >= 4 is 17.1 Å². The highest BCUT2D eigenvalue weighted by Crippen LogP contribution is 2.31. The summed E-state index contributed by atoms with van der Waals surface area (Å²) in [5, 5.41) is 11.9. The van der Waals surface area contributed by atoms with Gasteiger partial charge in [-0.15, -0.1) is 0 Å². The van der Waals surface area contributed by atoms with Gasteiger partial charge in [0.05, 0.1) is 17.1 Å². The van der Waals surface area contributed by atoms with Crippen LogP contribution in [0.25, 0.3) is 0 Å². The maximum absolute atomic E-state index is 8.72. The lowest BCUT2D eigenvalue weighted by Crippen LogP contribution is -2.12. The largest absolute Gasteiger partial charge is 0.411 e. The Labute approximate surface area is 103 Å². The smallest absolute Gasteiger partial charge is 0.0976 e. The minimum atomic E-state index is 0.0463. The number of nitrogens with zero attached hydrogens (tertiary/aromatic N) is 2. The molecule has 0 aliphatic carbocycles. The lowest BCUT2D eigenvalue weighted by Gasteiger charge is -2.21. The molecule has 3 nitrogen and oxygen atoms in total. The van der Waals surface area contributed by atoms with E-state index in [1.807, 2.05) is 25.1 Å². The third-order valence-electron chi connectivity index (χ3n) is 2.67. The predicted molar refractivity (Wildman–Crippen MR) is 72.8 cm³/mol. The summed E-state index contributed by atoms with van der Waals surface area (Å²) >= 11 is 0. The summed E-state index contributed by atoms with van der Waals surface area (Å²) in [6.45, 7) is 10.0. The van der Waals surface area contributed by atoms with Gasteiger partial charge in [0.25, 0.3) is 0 Å². The van der Waals surface area contributed by atoms with E-state index in [-0.39, 0.29) is 5.41 Å². The predicted octanol–water partition coefficient (Wildman–Crippen LogP) is 3.93. The van der Waals surface area contributed by atoms with Crippen LogP contribution in [0, 0.1) is 0 Å². The van der Waals surface area contributed by atoms with Crippen LogP contribution in [0.1, 0.15) is 40.2 Å². The van der Waals surface area contributed by atoms with E-state index in [0.717, 1.165) is 11.4 Å². The molecule has 0 fully saturated rings. The zero-order chi connectivity index (χ0) is 13.1. The summed E-state index contributed by atoms with van der Waals surface area (Å²) in [6.07, 6.45) is 0. The molecule has 0 radical (unpaired) electrons. The first-order chi connectivity index (χ1) is 7.86. The fourth-order valence-electron chi connectivity index (χ4n) is 1.54. The quantitative estimate of drug-likeness (QED) is 0.468. The maximum Gasteiger partial charge on any atom is 0.0976 e. The van der Waals surface area contributed by atoms with Crippen LogP contribution in [0.15, 0.2) is 34.4 Å². The van der Waals surface area contributed by atoms with E-state index in [2.05, 4.69) is 37.0 Å². The standard InChI is InChI=1S/C14H20N2O/c1-10(11(2)16-17)15-13-9-7-6-8-12(13)14(3,4)5/h6-9,17H,1-5H3/b15-10+,16-11+. The van der Waals surface area contributed by atoms with Gasteiger partial charge in [-0.3, -0.25) is 4.99 Å². The Morgan fingerprint density at radius 3 is 2.18 bits per heavy atom. The fraction of sp³-hybridized carbons (Fsp3) is 0.429. The van der Waals surface area contributed by atoms with Gasteiger partial charge in [0, 0.05) is 0 Å². The summed E-state index contributed by atoms with van der Waals surface area (Å²) in [5.74, 6) is 0. The van der Waals surface area contributed by atoms with Crippen LogP contribution in [0.2, 0.25) is 0 Å². The van der Waals surface area contributed by atoms with E-state index in [0.29, 0.717) is 5.71 Å². The molecule has 17 heavy (non-hydrogen) atoms. The highest BCUT2D eigenvalue weighted by atomic mass is 16.4. The Bertz CT molecular complexity index is 454. The molecule has 0 saturated heterocycles. The van der Waals surface area contributed by atoms with Gasteiger partial charge in [0.2, 0.25) is 0 Å². The molecule has 1 rings (SSSR count). The molecule has 0 aliphatic heterocycles. The molecule has 1 aromatic rings. The molecule has 0 unspecified atom stereocenters. The Morgan fingerprint density at radius 2 is 1.65 bits per heavy atom. The van der Waals surface area contributed by atoms with E-state index in [9.17, 15) is 0 Å². The zero-order valence-corrected chi connectivity index (χ0v) is 11.2. The first-order valence-electron chi connectivity index (χ1n) is 5.70. The van der Waals surface area contributed by atoms with Crippen molar-refractivity contribution in [3.05, 3.63) is 29.8 Å². The van der Waals surface area contributed by atoms with Crippen LogP contribution in [-0.2, 0) is 5.41 Å². The van der Waals surface area contributed by atoms with E-state index >= 15 is 0 Å². The van der Waals surface area contributed by atoms with E-state index < -0.39 is 0 Å². The van der Waals surface area contributed by atoms with Crippen molar-refractivity contribution < 1.29 is 5.21 Å². The molecule has 0 saturated carbocycles. The lowest BCUT2D eigenvalue weighted by molar-refractivity contribution is 0.320. The Balaban J connectivity index is 3.25. The van der Waals surface area contributed by atoms with Crippen LogP contribution in [0.5, 0.6) is 0 Å². The SMILES string of the molecule is CC(=N\O)/C(C)=N/c1ccccc1C(C)(C)C. The van der Waals surface area contributed by atoms with Gasteiger partial charge < -0.3 is 5.21 Å². The second-order valence-corrected chi connectivity index (χ2v) is 5.15. The Morgan fingerprint density at radius 1 is 1.06 bits per heavy atom. The normalized spacial score (nSPS) is 13.9. The number of oxime groups is 1. The van der Waals surface area contributed by atoms with Crippen molar-refractivity contribution in [3.63, 3.8) is 0 Å². The van der Waals surface area contributed by atoms with Gasteiger partial charge in [0.15, 0.2) is 0 Å². The van der Waals surface area contributed by atoms with Gasteiger partial charge in [-0.25, -0.2) is 0 Å². The monoisotopic (exact) mass is 232 g/mol. The fourth-order valence-corrected chi connectivity index (χ4v) is 1.54. The number of hydrogen-bond acceptors (Lipinski definition) is 3. The van der Waals surface area contributed by atoms with Gasteiger partial charge in [0.1, 0.15) is 0 Å². The average Bonchev–Trinajstić information content (AvgIpc) is 2.27. The minimum absolute atomic E-state index is 0.0463. The maximum atomic E-state index is 8.72. The van der Waals surface area contributed by atoms with Gasteiger partial charge in [-0.2, -0.15) is 0 Å². The molecular weight excluding hydrogens is 212 g/mol. The van der Waals surface area contributed by atoms with Crippen LogP contribution in [0.3, 0.4) is 0 Å². The number of rotatable bonds is 2. The molecule has 0 atom stereocenters. The van der Waals surface area contributed by atoms with Crippen molar-refractivity contribution in [3.8, 4) is 0 Å². The van der Waals surface area contributed by atoms with E-state index in [4.69, 9.17) is 5.21 Å². The second kappa shape index (κ2) is 5.13. The summed E-state index contributed by atoms with van der Waals surface area (Å²) < 4.78 is 0. The summed E-state index contributed by atoms with van der Waals surface area (Å²) in [6, 6.07) is 8.04. The molecular formula is C14H20N2O. The van der Waals surface area contributed by atoms with Crippen molar-refractivity contribution in [2.45, 2.75) is 40.0 Å². The van der Waals surface area contributed by atoms with E-state index in [1.54, 1.807) is 6.92 Å². The molecule has 0 spiro atoms. The Kier molecular flexibility index (Phi) is 4.05. The molecule has 3 heteroatoms. The molecule has 0 bridgehead atoms. The van der Waals surface area contributed by atoms with E-state index in [1.165, 1.54) is 5.56 Å². The van der Waals surface area contributed by atoms with Gasteiger partial charge in [-0.05, 0) is 30.9 Å². The number of aliphatic imine (C=N–C) groups is 1. The zero-order valence-electron chi connectivity index (χ0n) is 11.2. The van der Waals surface area contributed by atoms with Crippen LogP contribution < -0.4 is 0 Å².